The molecule has 0 aromatic rings. The first-order valence-electron chi connectivity index (χ1n) is 34.9. The maximum atomic E-state index is 13.4. The molecule has 508 valence electrons. The Bertz CT molecular complexity index is 1620. The van der Waals surface area contributed by atoms with Gasteiger partial charge in [0, 0.05) is 6.42 Å². The molecular weight excluding hydrogens is 1110 g/mol. The summed E-state index contributed by atoms with van der Waals surface area (Å²) in [6.07, 6.45) is 27.6. The van der Waals surface area contributed by atoms with Crippen molar-refractivity contribution in [1.82, 2.24) is 5.32 Å². The van der Waals surface area contributed by atoms with E-state index in [9.17, 15) is 61.0 Å². The molecular formula is C67H127NO18. The van der Waals surface area contributed by atoms with Crippen molar-refractivity contribution in [2.24, 2.45) is 0 Å². The minimum atomic E-state index is -1.97. The molecule has 3 aliphatic rings. The van der Waals surface area contributed by atoms with Gasteiger partial charge in [-0.15, -0.1) is 0 Å². The van der Waals surface area contributed by atoms with Crippen molar-refractivity contribution in [1.29, 1.82) is 0 Å². The predicted octanol–water partition coefficient (Wildman–Crippen LogP) is 8.89. The number of amides is 1. The molecule has 0 aromatic carbocycles. The Hall–Kier alpha value is -1.47. The van der Waals surface area contributed by atoms with Crippen molar-refractivity contribution in [2.75, 3.05) is 26.4 Å². The summed E-state index contributed by atoms with van der Waals surface area (Å²) < 4.78 is 34.3. The number of nitrogens with one attached hydrogen (secondary N) is 1. The van der Waals surface area contributed by atoms with Crippen molar-refractivity contribution in [2.45, 2.75) is 381 Å². The summed E-state index contributed by atoms with van der Waals surface area (Å²) in [4.78, 5) is 13.4. The van der Waals surface area contributed by atoms with E-state index in [4.69, 9.17) is 28.4 Å². The Morgan fingerprint density at radius 1 is 0.407 bits per heavy atom. The number of rotatable bonds is 54. The number of unbranched alkanes of at least 4 members (excludes halogenated alkanes) is 36. The zero-order valence-corrected chi connectivity index (χ0v) is 53.6. The third-order valence-corrected chi connectivity index (χ3v) is 17.8. The van der Waals surface area contributed by atoms with Gasteiger partial charge in [-0.25, -0.2) is 0 Å². The van der Waals surface area contributed by atoms with Gasteiger partial charge in [-0.2, -0.15) is 0 Å². The lowest BCUT2D eigenvalue weighted by molar-refractivity contribution is -0.379. The Labute approximate surface area is 518 Å². The van der Waals surface area contributed by atoms with E-state index in [1.807, 2.05) is 0 Å². The largest absolute Gasteiger partial charge is 0.394 e. The molecule has 19 nitrogen and oxygen atoms in total. The Kier molecular flexibility index (Phi) is 45.9. The van der Waals surface area contributed by atoms with E-state index in [0.717, 1.165) is 44.9 Å². The van der Waals surface area contributed by atoms with Crippen molar-refractivity contribution in [3.8, 4) is 0 Å². The molecule has 0 aromatic heterocycles. The van der Waals surface area contributed by atoms with Gasteiger partial charge in [0.25, 0.3) is 0 Å². The second kappa shape index (κ2) is 50.1. The molecule has 3 heterocycles. The molecule has 17 atom stereocenters. The van der Waals surface area contributed by atoms with Crippen LogP contribution >= 0.6 is 0 Å². The number of aliphatic hydroxyl groups is 11. The molecule has 1 amide bonds. The molecule has 0 bridgehead atoms. The number of carbonyl (C=O) groups excluding carboxylic acids is 1. The lowest BCUT2D eigenvalue weighted by atomic mass is 9.96. The van der Waals surface area contributed by atoms with E-state index in [1.165, 1.54) is 199 Å². The quantitative estimate of drug-likeness (QED) is 0.0200. The van der Waals surface area contributed by atoms with Crippen LogP contribution in [0.15, 0.2) is 12.2 Å². The van der Waals surface area contributed by atoms with Gasteiger partial charge >= 0.3 is 0 Å². The van der Waals surface area contributed by atoms with Gasteiger partial charge in [0.1, 0.15) is 73.2 Å². The molecule has 3 fully saturated rings. The van der Waals surface area contributed by atoms with E-state index in [0.29, 0.717) is 12.8 Å². The molecule has 17 unspecified atom stereocenters. The van der Waals surface area contributed by atoms with E-state index >= 15 is 0 Å². The van der Waals surface area contributed by atoms with Crippen molar-refractivity contribution >= 4 is 5.91 Å². The monoisotopic (exact) mass is 1230 g/mol. The van der Waals surface area contributed by atoms with Crippen molar-refractivity contribution < 1.29 is 89.4 Å². The minimum Gasteiger partial charge on any atom is -0.394 e. The van der Waals surface area contributed by atoms with Crippen LogP contribution in [0, 0.1) is 0 Å². The Balaban J connectivity index is 1.33. The Morgan fingerprint density at radius 2 is 0.733 bits per heavy atom. The first kappa shape index (κ1) is 78.8. The first-order chi connectivity index (χ1) is 41.8. The molecule has 0 spiro atoms. The molecule has 19 heteroatoms. The van der Waals surface area contributed by atoms with Crippen LogP contribution in [0.4, 0.5) is 0 Å². The molecule has 0 aliphatic carbocycles. The van der Waals surface area contributed by atoms with Gasteiger partial charge in [0.15, 0.2) is 18.9 Å². The van der Waals surface area contributed by atoms with E-state index in [2.05, 4.69) is 31.3 Å². The summed E-state index contributed by atoms with van der Waals surface area (Å²) in [5.41, 5.74) is 0. The maximum absolute atomic E-state index is 13.4. The smallest absolute Gasteiger partial charge is 0.220 e. The number of ether oxygens (including phenoxy) is 6. The minimum absolute atomic E-state index is 0.240. The average Bonchev–Trinajstić information content (AvgIpc) is 1.89. The number of hydrogen-bond acceptors (Lipinski definition) is 18. The summed E-state index contributed by atoms with van der Waals surface area (Å²) in [5.74, 6) is -0.240. The molecule has 12 N–H and O–H groups in total. The number of allylic oxidation sites excluding steroid dienone is 2. The molecule has 3 saturated heterocycles. The second-order valence-corrected chi connectivity index (χ2v) is 25.3. The first-order valence-corrected chi connectivity index (χ1v) is 34.9. The van der Waals surface area contributed by atoms with Crippen LogP contribution < -0.4 is 5.32 Å². The van der Waals surface area contributed by atoms with E-state index in [1.54, 1.807) is 0 Å². The molecule has 86 heavy (non-hydrogen) atoms. The van der Waals surface area contributed by atoms with Crippen LogP contribution in [0.5, 0.6) is 0 Å². The van der Waals surface area contributed by atoms with Gasteiger partial charge in [0.05, 0.1) is 38.6 Å². The lowest BCUT2D eigenvalue weighted by Gasteiger charge is -2.48. The molecule has 3 aliphatic heterocycles. The Morgan fingerprint density at radius 3 is 1.13 bits per heavy atom. The van der Waals surface area contributed by atoms with E-state index in [-0.39, 0.29) is 18.9 Å². The van der Waals surface area contributed by atoms with Crippen LogP contribution in [0.2, 0.25) is 0 Å². The molecule has 3 rings (SSSR count). The molecule has 0 radical (unpaired) electrons. The van der Waals surface area contributed by atoms with Crippen LogP contribution in [-0.2, 0) is 33.2 Å². The van der Waals surface area contributed by atoms with Gasteiger partial charge in [-0.05, 0) is 38.5 Å². The highest BCUT2D eigenvalue weighted by molar-refractivity contribution is 5.76. The zero-order chi connectivity index (χ0) is 62.6. The fraction of sp³-hybridized carbons (Fsp3) is 0.955. The predicted molar refractivity (Wildman–Crippen MR) is 333 cm³/mol. The van der Waals surface area contributed by atoms with Gasteiger partial charge in [-0.3, -0.25) is 4.79 Å². The van der Waals surface area contributed by atoms with Crippen LogP contribution in [0.3, 0.4) is 0 Å². The van der Waals surface area contributed by atoms with Crippen LogP contribution in [0.25, 0.3) is 0 Å². The highest BCUT2D eigenvalue weighted by Crippen LogP contribution is 2.33. The summed E-state index contributed by atoms with van der Waals surface area (Å²) in [7, 11) is 0. The third kappa shape index (κ3) is 32.2. The third-order valence-electron chi connectivity index (χ3n) is 17.8. The average molecular weight is 1230 g/mol. The second-order valence-electron chi connectivity index (χ2n) is 25.3. The maximum Gasteiger partial charge on any atom is 0.220 e. The zero-order valence-electron chi connectivity index (χ0n) is 53.6. The van der Waals surface area contributed by atoms with Gasteiger partial charge < -0.3 is 89.9 Å². The highest BCUT2D eigenvalue weighted by atomic mass is 16.8. The van der Waals surface area contributed by atoms with Crippen LogP contribution in [0.1, 0.15) is 277 Å². The van der Waals surface area contributed by atoms with Crippen molar-refractivity contribution in [3.63, 3.8) is 0 Å². The SMILES string of the molecule is CCCCCCCCCC/C=C\CCCCCCCCCCCCCCCCCCCCCC(=O)NC(COC1OC(CO)C(OC2OC(CO)C(OC3OC(CO)C(O)C(O)C3O)C(O)C2O)C(O)C1O)C(O)CCCCCCCCCCCC. The van der Waals surface area contributed by atoms with Crippen LogP contribution in [-0.4, -0.2) is 193 Å². The summed E-state index contributed by atoms with van der Waals surface area (Å²) in [6, 6.07) is -0.881. The lowest BCUT2D eigenvalue weighted by Crippen LogP contribution is -2.66. The topological polar surface area (TPSA) is 307 Å². The summed E-state index contributed by atoms with van der Waals surface area (Å²) in [6.45, 7) is 1.79. The fourth-order valence-corrected chi connectivity index (χ4v) is 12.1. The standard InChI is InChI=1S/C67H127NO18/c1-3-5-7-9-11-13-15-16-17-18-19-20-21-22-23-24-25-26-27-28-29-30-31-32-33-34-35-37-39-41-43-45-55(73)68-50(51(72)44-42-40-38-36-14-12-10-8-6-4-2)49-81-65-61(79)58(76)63(53(47-70)83-65)86-67-62(80)59(77)64(54(48-71)84-67)85-66-60(78)57(75)56(74)52(46-69)82-66/h18-19,50-54,56-67,69-72,74-80H,3-17,20-49H2,1-2H3,(H,68,73)/b19-18-. The summed E-state index contributed by atoms with van der Waals surface area (Å²) >= 11 is 0. The summed E-state index contributed by atoms with van der Waals surface area (Å²) in [5, 5.41) is 120. The van der Waals surface area contributed by atoms with Gasteiger partial charge in [-0.1, -0.05) is 244 Å². The fourth-order valence-electron chi connectivity index (χ4n) is 12.1. The van der Waals surface area contributed by atoms with Crippen molar-refractivity contribution in [3.05, 3.63) is 12.2 Å². The number of carbonyl (C=O) groups is 1. The number of hydrogen-bond donors (Lipinski definition) is 12. The normalized spacial score (nSPS) is 28.8. The number of aliphatic hydroxyl groups excluding tert-OH is 11. The molecule has 0 saturated carbocycles. The van der Waals surface area contributed by atoms with E-state index < -0.39 is 124 Å². The van der Waals surface area contributed by atoms with Gasteiger partial charge in [0.2, 0.25) is 5.91 Å². The highest BCUT2D eigenvalue weighted by Gasteiger charge is 2.53.